The van der Waals surface area contributed by atoms with Crippen molar-refractivity contribution in [2.24, 2.45) is 0 Å². The van der Waals surface area contributed by atoms with Crippen molar-refractivity contribution in [2.45, 2.75) is 19.8 Å². The first-order valence-corrected chi connectivity index (χ1v) is 5.95. The maximum Gasteiger partial charge on any atom is 0.374 e. The van der Waals surface area contributed by atoms with Gasteiger partial charge in [-0.3, -0.25) is 4.79 Å². The molecule has 0 saturated heterocycles. The Labute approximate surface area is 109 Å². The predicted octanol–water partition coefficient (Wildman–Crippen LogP) is 2.24. The molecule has 2 rings (SSSR count). The van der Waals surface area contributed by atoms with Crippen molar-refractivity contribution in [1.82, 2.24) is 0 Å². The fourth-order valence-electron chi connectivity index (χ4n) is 1.96. The van der Waals surface area contributed by atoms with Crippen LogP contribution in [-0.2, 0) is 11.2 Å². The number of hydrogen-bond acceptors (Lipinski definition) is 5. The van der Waals surface area contributed by atoms with Crippen LogP contribution in [0.3, 0.4) is 0 Å². The number of fused-ring (bicyclic) bond motifs is 1. The fourth-order valence-corrected chi connectivity index (χ4v) is 1.96. The van der Waals surface area contributed by atoms with Gasteiger partial charge in [0.25, 0.3) is 0 Å². The predicted molar refractivity (Wildman–Crippen MR) is 69.5 cm³/mol. The monoisotopic (exact) mass is 262 g/mol. The second-order valence-electron chi connectivity index (χ2n) is 4.16. The molecule has 0 aliphatic carbocycles. The lowest BCUT2D eigenvalue weighted by Gasteiger charge is -2.08. The lowest BCUT2D eigenvalue weighted by molar-refractivity contribution is 0.0565. The second-order valence-corrected chi connectivity index (χ2v) is 4.16. The third kappa shape index (κ3) is 2.31. The highest BCUT2D eigenvalue weighted by molar-refractivity contribution is 5.90. The minimum absolute atomic E-state index is 0.0551. The number of aryl methyl sites for hydroxylation is 1. The number of hydrogen-bond donors (Lipinski definition) is 1. The van der Waals surface area contributed by atoms with Gasteiger partial charge in [-0.15, -0.1) is 0 Å². The number of methoxy groups -OCH3 is 1. The quantitative estimate of drug-likeness (QED) is 0.858. The van der Waals surface area contributed by atoms with Crippen LogP contribution in [0.5, 0.6) is 5.75 Å². The van der Waals surface area contributed by atoms with Gasteiger partial charge < -0.3 is 14.3 Å². The van der Waals surface area contributed by atoms with Gasteiger partial charge in [0.1, 0.15) is 11.3 Å². The molecule has 5 heteroatoms. The number of esters is 1. The molecular formula is C14H14O5. The first kappa shape index (κ1) is 13.1. The van der Waals surface area contributed by atoms with E-state index in [1.54, 1.807) is 0 Å². The molecule has 1 N–H and O–H groups in total. The number of carbonyl (C=O) groups excluding carboxylic acids is 1. The molecule has 1 aromatic heterocycles. The van der Waals surface area contributed by atoms with Crippen molar-refractivity contribution in [1.29, 1.82) is 0 Å². The SMILES string of the molecule is CCCc1c(O)ccc2c(=O)cc(C(=O)OC)oc12. The maximum absolute atomic E-state index is 11.9. The summed E-state index contributed by atoms with van der Waals surface area (Å²) < 4.78 is 9.96. The Morgan fingerprint density at radius 3 is 2.79 bits per heavy atom. The van der Waals surface area contributed by atoms with Crippen LogP contribution in [0, 0.1) is 0 Å². The third-order valence-corrected chi connectivity index (χ3v) is 2.86. The highest BCUT2D eigenvalue weighted by atomic mass is 16.5. The average molecular weight is 262 g/mol. The van der Waals surface area contributed by atoms with Crippen molar-refractivity contribution in [2.75, 3.05) is 7.11 Å². The van der Waals surface area contributed by atoms with Crippen molar-refractivity contribution < 1.29 is 19.1 Å². The Bertz CT molecular complexity index is 684. The van der Waals surface area contributed by atoms with Gasteiger partial charge in [0, 0.05) is 11.6 Å². The first-order chi connectivity index (χ1) is 9.08. The van der Waals surface area contributed by atoms with Gasteiger partial charge in [0.2, 0.25) is 5.76 Å². The van der Waals surface area contributed by atoms with Crippen LogP contribution in [0.15, 0.2) is 27.4 Å². The molecular weight excluding hydrogens is 248 g/mol. The van der Waals surface area contributed by atoms with Crippen molar-refractivity contribution >= 4 is 16.9 Å². The van der Waals surface area contributed by atoms with Gasteiger partial charge >= 0.3 is 5.97 Å². The van der Waals surface area contributed by atoms with E-state index in [0.29, 0.717) is 17.4 Å². The zero-order valence-corrected chi connectivity index (χ0v) is 10.7. The van der Waals surface area contributed by atoms with Crippen molar-refractivity contribution in [3.8, 4) is 5.75 Å². The Morgan fingerprint density at radius 2 is 2.16 bits per heavy atom. The van der Waals surface area contributed by atoms with Gasteiger partial charge in [0.15, 0.2) is 5.43 Å². The Morgan fingerprint density at radius 1 is 1.42 bits per heavy atom. The molecule has 0 spiro atoms. The number of ether oxygens (including phenoxy) is 1. The standard InChI is InChI=1S/C14H14O5/c1-3-4-8-10(15)6-5-9-11(16)7-12(14(17)18-2)19-13(8)9/h5-7,15H,3-4H2,1-2H3. The molecule has 0 aliphatic rings. The summed E-state index contributed by atoms with van der Waals surface area (Å²) in [5.41, 5.74) is 0.441. The molecule has 0 fully saturated rings. The average Bonchev–Trinajstić information content (AvgIpc) is 2.41. The Hall–Kier alpha value is -2.30. The zero-order chi connectivity index (χ0) is 14.0. The number of phenolic OH excluding ortho intramolecular Hbond substituents is 1. The summed E-state index contributed by atoms with van der Waals surface area (Å²) in [6, 6.07) is 4.04. The molecule has 1 heterocycles. The van der Waals surface area contributed by atoms with Gasteiger partial charge in [-0.1, -0.05) is 13.3 Å². The van der Waals surface area contributed by atoms with Crippen LogP contribution < -0.4 is 5.43 Å². The molecule has 5 nitrogen and oxygen atoms in total. The zero-order valence-electron chi connectivity index (χ0n) is 10.7. The molecule has 0 unspecified atom stereocenters. The third-order valence-electron chi connectivity index (χ3n) is 2.86. The number of rotatable bonds is 3. The van der Waals surface area contributed by atoms with E-state index in [-0.39, 0.29) is 22.5 Å². The molecule has 0 saturated carbocycles. The molecule has 0 bridgehead atoms. The van der Waals surface area contributed by atoms with Gasteiger partial charge in [-0.05, 0) is 18.6 Å². The summed E-state index contributed by atoms with van der Waals surface area (Å²) in [6.07, 6.45) is 1.33. The molecule has 0 aliphatic heterocycles. The summed E-state index contributed by atoms with van der Waals surface area (Å²) >= 11 is 0. The second kappa shape index (κ2) is 5.14. The topological polar surface area (TPSA) is 76.7 Å². The van der Waals surface area contributed by atoms with Crippen LogP contribution in [0.25, 0.3) is 11.0 Å². The normalized spacial score (nSPS) is 10.6. The van der Waals surface area contributed by atoms with Crippen LogP contribution >= 0.6 is 0 Å². The Balaban J connectivity index is 2.79. The molecule has 1 aromatic carbocycles. The van der Waals surface area contributed by atoms with E-state index in [1.165, 1.54) is 19.2 Å². The maximum atomic E-state index is 11.9. The van der Waals surface area contributed by atoms with Crippen LogP contribution in [0.1, 0.15) is 29.5 Å². The number of aromatic hydroxyl groups is 1. The number of benzene rings is 1. The van der Waals surface area contributed by atoms with Crippen LogP contribution in [0.2, 0.25) is 0 Å². The van der Waals surface area contributed by atoms with E-state index in [1.807, 2.05) is 6.92 Å². The molecule has 0 atom stereocenters. The minimum Gasteiger partial charge on any atom is -0.508 e. The van der Waals surface area contributed by atoms with Gasteiger partial charge in [-0.25, -0.2) is 4.79 Å². The highest BCUT2D eigenvalue weighted by Gasteiger charge is 2.16. The minimum atomic E-state index is -0.718. The van der Waals surface area contributed by atoms with Crippen LogP contribution in [0.4, 0.5) is 0 Å². The van der Waals surface area contributed by atoms with E-state index in [9.17, 15) is 14.7 Å². The summed E-state index contributed by atoms with van der Waals surface area (Å²) in [4.78, 5) is 23.4. The summed E-state index contributed by atoms with van der Waals surface area (Å²) in [5.74, 6) is -0.827. The van der Waals surface area contributed by atoms with Crippen molar-refractivity contribution in [3.05, 3.63) is 39.7 Å². The smallest absolute Gasteiger partial charge is 0.374 e. The fraction of sp³-hybridized carbons (Fsp3) is 0.286. The van der Waals surface area contributed by atoms with E-state index in [4.69, 9.17) is 4.42 Å². The van der Waals surface area contributed by atoms with E-state index in [2.05, 4.69) is 4.74 Å². The van der Waals surface area contributed by atoms with E-state index < -0.39 is 5.97 Å². The molecule has 2 aromatic rings. The van der Waals surface area contributed by atoms with Crippen LogP contribution in [-0.4, -0.2) is 18.2 Å². The number of carbonyl (C=O) groups is 1. The Kier molecular flexibility index (Phi) is 3.55. The largest absolute Gasteiger partial charge is 0.508 e. The summed E-state index contributed by atoms with van der Waals surface area (Å²) in [5, 5.41) is 10.2. The first-order valence-electron chi connectivity index (χ1n) is 5.95. The molecule has 0 radical (unpaired) electrons. The highest BCUT2D eigenvalue weighted by Crippen LogP contribution is 2.27. The van der Waals surface area contributed by atoms with Gasteiger partial charge in [-0.2, -0.15) is 0 Å². The lowest BCUT2D eigenvalue weighted by atomic mass is 10.0. The van der Waals surface area contributed by atoms with E-state index in [0.717, 1.165) is 12.5 Å². The molecule has 19 heavy (non-hydrogen) atoms. The molecule has 0 amide bonds. The molecule has 100 valence electrons. The summed E-state index contributed by atoms with van der Waals surface area (Å²) in [7, 11) is 1.21. The van der Waals surface area contributed by atoms with Crippen molar-refractivity contribution in [3.63, 3.8) is 0 Å². The summed E-state index contributed by atoms with van der Waals surface area (Å²) in [6.45, 7) is 1.94. The number of phenols is 1. The lowest BCUT2D eigenvalue weighted by Crippen LogP contribution is -2.09. The van der Waals surface area contributed by atoms with Gasteiger partial charge in [0.05, 0.1) is 12.5 Å². The van der Waals surface area contributed by atoms with E-state index >= 15 is 0 Å².